The predicted molar refractivity (Wildman–Crippen MR) is 104 cm³/mol. The molecular weight excluding hydrogens is 366 g/mol. The molecule has 0 aliphatic carbocycles. The van der Waals surface area contributed by atoms with E-state index in [2.05, 4.69) is 15.5 Å². The van der Waals surface area contributed by atoms with E-state index in [1.165, 1.54) is 0 Å². The van der Waals surface area contributed by atoms with Crippen molar-refractivity contribution in [2.75, 3.05) is 19.6 Å². The Morgan fingerprint density at radius 1 is 1.30 bits per heavy atom. The second kappa shape index (κ2) is 9.01. The van der Waals surface area contributed by atoms with Crippen LogP contribution in [0.25, 0.3) is 11.3 Å². The minimum Gasteiger partial charge on any atom is -0.354 e. The summed E-state index contributed by atoms with van der Waals surface area (Å²) >= 11 is 5.92. The predicted octanol–water partition coefficient (Wildman–Crippen LogP) is 2.19. The number of rotatable bonds is 6. The van der Waals surface area contributed by atoms with Gasteiger partial charge in [-0.25, -0.2) is 0 Å². The number of hydrogen-bond donors (Lipinski definition) is 3. The molecule has 3 rings (SSSR count). The van der Waals surface area contributed by atoms with Crippen molar-refractivity contribution >= 4 is 23.4 Å². The van der Waals surface area contributed by atoms with Crippen LogP contribution in [-0.4, -0.2) is 52.6 Å². The highest BCUT2D eigenvalue weighted by Gasteiger charge is 2.28. The van der Waals surface area contributed by atoms with Crippen LogP contribution in [0.3, 0.4) is 0 Å². The first-order valence-corrected chi connectivity index (χ1v) is 9.55. The van der Waals surface area contributed by atoms with Gasteiger partial charge in [0, 0.05) is 42.7 Å². The van der Waals surface area contributed by atoms with E-state index in [0.717, 1.165) is 24.8 Å². The van der Waals surface area contributed by atoms with Gasteiger partial charge in [0.2, 0.25) is 5.91 Å². The van der Waals surface area contributed by atoms with E-state index < -0.39 is 0 Å². The summed E-state index contributed by atoms with van der Waals surface area (Å²) in [6, 6.07) is 9.04. The van der Waals surface area contributed by atoms with Crippen molar-refractivity contribution in [1.82, 2.24) is 20.4 Å². The molecule has 0 radical (unpaired) electrons. The third-order valence-electron chi connectivity index (χ3n) is 4.74. The number of likely N-dealkylation sites (tertiary alicyclic amines) is 1. The molecule has 1 atom stereocenters. The number of H-pyrrole nitrogens is 1. The molecule has 0 saturated carbocycles. The maximum Gasteiger partial charge on any atom is 0.272 e. The van der Waals surface area contributed by atoms with Gasteiger partial charge < -0.3 is 16.0 Å². The van der Waals surface area contributed by atoms with Gasteiger partial charge in [-0.1, -0.05) is 23.7 Å². The van der Waals surface area contributed by atoms with E-state index in [1.807, 2.05) is 17.0 Å². The van der Waals surface area contributed by atoms with Gasteiger partial charge in [0.25, 0.3) is 5.91 Å². The maximum atomic E-state index is 13.0. The zero-order chi connectivity index (χ0) is 19.2. The first-order chi connectivity index (χ1) is 13.1. The summed E-state index contributed by atoms with van der Waals surface area (Å²) in [6.45, 7) is 1.44. The third-order valence-corrected chi connectivity index (χ3v) is 4.99. The molecule has 27 heavy (non-hydrogen) atoms. The molecule has 8 heteroatoms. The number of nitrogens with one attached hydrogen (secondary N) is 2. The van der Waals surface area contributed by atoms with Crippen LogP contribution >= 0.6 is 11.6 Å². The Balaban J connectivity index is 1.69. The SMILES string of the molecule is NCCC(=O)NCC1CCCCN1C(=O)c1cc(-c2ccc(Cl)cc2)n[nH]1. The number of aromatic nitrogens is 2. The summed E-state index contributed by atoms with van der Waals surface area (Å²) in [4.78, 5) is 26.5. The first-order valence-electron chi connectivity index (χ1n) is 9.17. The van der Waals surface area contributed by atoms with Crippen molar-refractivity contribution < 1.29 is 9.59 Å². The van der Waals surface area contributed by atoms with Crippen molar-refractivity contribution in [2.24, 2.45) is 5.73 Å². The zero-order valence-electron chi connectivity index (χ0n) is 15.1. The number of amides is 2. The Morgan fingerprint density at radius 3 is 2.81 bits per heavy atom. The van der Waals surface area contributed by atoms with Gasteiger partial charge in [-0.2, -0.15) is 5.10 Å². The Morgan fingerprint density at radius 2 is 2.07 bits per heavy atom. The highest BCUT2D eigenvalue weighted by atomic mass is 35.5. The summed E-state index contributed by atoms with van der Waals surface area (Å²) in [5.41, 5.74) is 7.43. The largest absolute Gasteiger partial charge is 0.354 e. The summed E-state index contributed by atoms with van der Waals surface area (Å²) in [7, 11) is 0. The molecule has 1 aromatic carbocycles. The fourth-order valence-electron chi connectivity index (χ4n) is 3.29. The summed E-state index contributed by atoms with van der Waals surface area (Å²) in [5.74, 6) is -0.178. The van der Waals surface area contributed by atoms with Crippen LogP contribution in [0.1, 0.15) is 36.2 Å². The van der Waals surface area contributed by atoms with Gasteiger partial charge in [-0.05, 0) is 37.5 Å². The number of nitrogens with zero attached hydrogens (tertiary/aromatic N) is 2. The molecule has 2 aromatic rings. The van der Waals surface area contributed by atoms with E-state index in [-0.39, 0.29) is 17.9 Å². The molecule has 1 saturated heterocycles. The Labute approximate surface area is 163 Å². The lowest BCUT2D eigenvalue weighted by Gasteiger charge is -2.35. The summed E-state index contributed by atoms with van der Waals surface area (Å²) < 4.78 is 0. The third kappa shape index (κ3) is 4.87. The molecule has 1 unspecified atom stereocenters. The Hall–Kier alpha value is -2.38. The van der Waals surface area contributed by atoms with Crippen LogP contribution in [-0.2, 0) is 4.79 Å². The first kappa shape index (κ1) is 19.4. The van der Waals surface area contributed by atoms with E-state index in [1.54, 1.807) is 18.2 Å². The van der Waals surface area contributed by atoms with E-state index in [9.17, 15) is 9.59 Å². The average molecular weight is 390 g/mol. The van der Waals surface area contributed by atoms with Gasteiger partial charge in [-0.3, -0.25) is 14.7 Å². The maximum absolute atomic E-state index is 13.0. The number of hydrogen-bond acceptors (Lipinski definition) is 4. The zero-order valence-corrected chi connectivity index (χ0v) is 15.8. The van der Waals surface area contributed by atoms with Gasteiger partial charge in [0.05, 0.1) is 5.69 Å². The molecular formula is C19H24ClN5O2. The van der Waals surface area contributed by atoms with Crippen LogP contribution < -0.4 is 11.1 Å². The molecule has 2 heterocycles. The van der Waals surface area contributed by atoms with Gasteiger partial charge >= 0.3 is 0 Å². The number of piperidine rings is 1. The van der Waals surface area contributed by atoms with Gasteiger partial charge in [0.1, 0.15) is 5.69 Å². The second-order valence-corrected chi connectivity index (χ2v) is 7.10. The number of halogens is 1. The van der Waals surface area contributed by atoms with Crippen LogP contribution in [0.2, 0.25) is 5.02 Å². The fraction of sp³-hybridized carbons (Fsp3) is 0.421. The van der Waals surface area contributed by atoms with Crippen molar-refractivity contribution in [2.45, 2.75) is 31.7 Å². The number of carbonyl (C=O) groups excluding carboxylic acids is 2. The lowest BCUT2D eigenvalue weighted by molar-refractivity contribution is -0.121. The monoisotopic (exact) mass is 389 g/mol. The molecule has 2 amide bonds. The van der Waals surface area contributed by atoms with E-state index in [4.69, 9.17) is 17.3 Å². The Bertz CT molecular complexity index is 790. The molecule has 1 aliphatic rings. The average Bonchev–Trinajstić information content (AvgIpc) is 3.17. The second-order valence-electron chi connectivity index (χ2n) is 6.66. The van der Waals surface area contributed by atoms with E-state index in [0.29, 0.717) is 42.5 Å². The lowest BCUT2D eigenvalue weighted by Crippen LogP contribution is -2.49. The fourth-order valence-corrected chi connectivity index (χ4v) is 3.41. The Kier molecular flexibility index (Phi) is 6.47. The minimum absolute atomic E-state index is 0.0183. The number of aromatic amines is 1. The van der Waals surface area contributed by atoms with E-state index >= 15 is 0 Å². The molecule has 0 bridgehead atoms. The van der Waals surface area contributed by atoms with Crippen LogP contribution in [0.4, 0.5) is 0 Å². The smallest absolute Gasteiger partial charge is 0.272 e. The summed E-state index contributed by atoms with van der Waals surface area (Å²) in [5, 5.41) is 10.6. The quantitative estimate of drug-likeness (QED) is 0.704. The minimum atomic E-state index is -0.0968. The molecule has 1 aromatic heterocycles. The van der Waals surface area contributed by atoms with Crippen LogP contribution in [0.5, 0.6) is 0 Å². The lowest BCUT2D eigenvalue weighted by atomic mass is 10.0. The molecule has 0 spiro atoms. The van der Waals surface area contributed by atoms with Crippen molar-refractivity contribution in [3.05, 3.63) is 41.0 Å². The molecule has 144 valence electrons. The van der Waals surface area contributed by atoms with Crippen molar-refractivity contribution in [1.29, 1.82) is 0 Å². The van der Waals surface area contributed by atoms with Crippen LogP contribution in [0.15, 0.2) is 30.3 Å². The topological polar surface area (TPSA) is 104 Å². The molecule has 4 N–H and O–H groups in total. The van der Waals surface area contributed by atoms with Gasteiger partial charge in [-0.15, -0.1) is 0 Å². The highest BCUT2D eigenvalue weighted by molar-refractivity contribution is 6.30. The number of carbonyl (C=O) groups is 2. The number of benzene rings is 1. The van der Waals surface area contributed by atoms with Crippen LogP contribution in [0, 0.1) is 0 Å². The van der Waals surface area contributed by atoms with Gasteiger partial charge in [0.15, 0.2) is 0 Å². The molecule has 1 fully saturated rings. The number of nitrogens with two attached hydrogens (primary N) is 1. The normalized spacial score (nSPS) is 17.0. The highest BCUT2D eigenvalue weighted by Crippen LogP contribution is 2.23. The standard InChI is InChI=1S/C19H24ClN5O2/c20-14-6-4-13(5-7-14)16-11-17(24-23-16)19(27)25-10-2-1-3-15(25)12-22-18(26)8-9-21/h4-7,11,15H,1-3,8-10,12,21H2,(H,22,26)(H,23,24). The van der Waals surface area contributed by atoms with Crippen molar-refractivity contribution in [3.63, 3.8) is 0 Å². The summed E-state index contributed by atoms with van der Waals surface area (Å²) in [6.07, 6.45) is 3.16. The molecule has 7 nitrogen and oxygen atoms in total. The molecule has 1 aliphatic heterocycles. The van der Waals surface area contributed by atoms with Crippen molar-refractivity contribution in [3.8, 4) is 11.3 Å².